The molecule has 1 aliphatic rings. The van der Waals surface area contributed by atoms with Crippen LogP contribution in [-0.2, 0) is 22.7 Å². The molecule has 1 aliphatic heterocycles. The lowest BCUT2D eigenvalue weighted by atomic mass is 10.1. The minimum absolute atomic E-state index is 0.0123. The van der Waals surface area contributed by atoms with E-state index < -0.39 is 0 Å². The maximum Gasteiger partial charge on any atom is 0.225 e. The van der Waals surface area contributed by atoms with Gasteiger partial charge >= 0.3 is 0 Å². The van der Waals surface area contributed by atoms with Crippen LogP contribution in [0.2, 0.25) is 0 Å². The SMILES string of the molecule is O=C(NCCn1ccnn1)C1CC(=O)N(Cc2ccncc2)C1. The highest BCUT2D eigenvalue weighted by Gasteiger charge is 2.33. The van der Waals surface area contributed by atoms with Crippen molar-refractivity contribution in [1.82, 2.24) is 30.2 Å². The molecule has 0 aromatic carbocycles. The van der Waals surface area contributed by atoms with E-state index in [0.717, 1.165) is 5.56 Å². The minimum Gasteiger partial charge on any atom is -0.354 e. The summed E-state index contributed by atoms with van der Waals surface area (Å²) in [6.45, 7) is 2.00. The fourth-order valence-electron chi connectivity index (χ4n) is 2.60. The van der Waals surface area contributed by atoms with Crippen LogP contribution in [0.3, 0.4) is 0 Å². The highest BCUT2D eigenvalue weighted by Crippen LogP contribution is 2.20. The third-order valence-electron chi connectivity index (χ3n) is 3.82. The van der Waals surface area contributed by atoms with Gasteiger partial charge in [-0.15, -0.1) is 5.10 Å². The highest BCUT2D eigenvalue weighted by atomic mass is 16.2. The summed E-state index contributed by atoms with van der Waals surface area (Å²) >= 11 is 0. The lowest BCUT2D eigenvalue weighted by Gasteiger charge is -2.16. The molecule has 1 saturated heterocycles. The van der Waals surface area contributed by atoms with Crippen LogP contribution in [0.5, 0.6) is 0 Å². The van der Waals surface area contributed by atoms with Crippen molar-refractivity contribution >= 4 is 11.8 Å². The van der Waals surface area contributed by atoms with Crippen molar-refractivity contribution in [2.75, 3.05) is 13.1 Å². The predicted molar refractivity (Wildman–Crippen MR) is 80.8 cm³/mol. The topological polar surface area (TPSA) is 93.0 Å². The molecule has 23 heavy (non-hydrogen) atoms. The van der Waals surface area contributed by atoms with Gasteiger partial charge in [0.25, 0.3) is 0 Å². The Hall–Kier alpha value is -2.77. The van der Waals surface area contributed by atoms with Crippen LogP contribution in [0, 0.1) is 5.92 Å². The van der Waals surface area contributed by atoms with Crippen LogP contribution in [0.15, 0.2) is 36.9 Å². The Morgan fingerprint density at radius 1 is 1.30 bits per heavy atom. The summed E-state index contributed by atoms with van der Waals surface area (Å²) in [5, 5.41) is 10.4. The van der Waals surface area contributed by atoms with Gasteiger partial charge in [0.2, 0.25) is 11.8 Å². The Kier molecular flexibility index (Phi) is 4.60. The molecule has 1 fully saturated rings. The number of nitrogens with one attached hydrogen (secondary N) is 1. The van der Waals surface area contributed by atoms with Crippen LogP contribution in [0.1, 0.15) is 12.0 Å². The molecule has 2 amide bonds. The zero-order chi connectivity index (χ0) is 16.1. The zero-order valence-corrected chi connectivity index (χ0v) is 12.6. The third-order valence-corrected chi connectivity index (χ3v) is 3.82. The van der Waals surface area contributed by atoms with Crippen LogP contribution < -0.4 is 5.32 Å². The van der Waals surface area contributed by atoms with Crippen molar-refractivity contribution in [2.24, 2.45) is 5.92 Å². The first-order valence-corrected chi connectivity index (χ1v) is 7.51. The summed E-state index contributed by atoms with van der Waals surface area (Å²) in [6, 6.07) is 3.75. The lowest BCUT2D eigenvalue weighted by Crippen LogP contribution is -2.34. The molecular formula is C15H18N6O2. The molecule has 3 rings (SSSR count). The number of carbonyl (C=O) groups excluding carboxylic acids is 2. The summed E-state index contributed by atoms with van der Waals surface area (Å²) in [4.78, 5) is 29.9. The number of likely N-dealkylation sites (tertiary alicyclic amines) is 1. The van der Waals surface area contributed by atoms with Crippen molar-refractivity contribution in [1.29, 1.82) is 0 Å². The number of hydrogen-bond donors (Lipinski definition) is 1. The standard InChI is InChI=1S/C15H18N6O2/c22-14-9-13(11-20(14)10-12-1-3-16-4-2-12)15(23)17-5-7-21-8-6-18-19-21/h1-4,6,8,13H,5,7,9-11H2,(H,17,23). The minimum atomic E-state index is -0.292. The van der Waals surface area contributed by atoms with Gasteiger partial charge in [0.05, 0.1) is 18.7 Å². The molecule has 0 aliphatic carbocycles. The van der Waals surface area contributed by atoms with E-state index in [-0.39, 0.29) is 24.2 Å². The van der Waals surface area contributed by atoms with E-state index in [4.69, 9.17) is 0 Å². The average Bonchev–Trinajstić information content (AvgIpc) is 3.19. The molecule has 8 nitrogen and oxygen atoms in total. The third kappa shape index (κ3) is 3.91. The van der Waals surface area contributed by atoms with Crippen molar-refractivity contribution in [3.05, 3.63) is 42.5 Å². The first-order chi connectivity index (χ1) is 11.2. The lowest BCUT2D eigenvalue weighted by molar-refractivity contribution is -0.129. The molecule has 0 spiro atoms. The Labute approximate surface area is 133 Å². The van der Waals surface area contributed by atoms with Crippen LogP contribution in [0.25, 0.3) is 0 Å². The van der Waals surface area contributed by atoms with Gasteiger partial charge < -0.3 is 10.2 Å². The fourth-order valence-corrected chi connectivity index (χ4v) is 2.60. The van der Waals surface area contributed by atoms with Gasteiger partial charge in [-0.25, -0.2) is 0 Å². The fraction of sp³-hybridized carbons (Fsp3) is 0.400. The van der Waals surface area contributed by atoms with E-state index >= 15 is 0 Å². The second-order valence-electron chi connectivity index (χ2n) is 5.49. The Morgan fingerprint density at radius 2 is 2.13 bits per heavy atom. The van der Waals surface area contributed by atoms with Gasteiger partial charge in [0.15, 0.2) is 0 Å². The molecule has 2 aromatic rings. The number of pyridine rings is 1. The van der Waals surface area contributed by atoms with Crippen molar-refractivity contribution in [2.45, 2.75) is 19.5 Å². The molecule has 2 aromatic heterocycles. The molecule has 0 bridgehead atoms. The number of aromatic nitrogens is 4. The second kappa shape index (κ2) is 6.99. The summed E-state index contributed by atoms with van der Waals surface area (Å²) in [6.07, 6.45) is 6.99. The molecule has 8 heteroatoms. The summed E-state index contributed by atoms with van der Waals surface area (Å²) < 4.78 is 1.65. The smallest absolute Gasteiger partial charge is 0.225 e. The van der Waals surface area contributed by atoms with E-state index in [9.17, 15) is 9.59 Å². The first-order valence-electron chi connectivity index (χ1n) is 7.51. The number of rotatable bonds is 6. The highest BCUT2D eigenvalue weighted by molar-refractivity contribution is 5.89. The first kappa shape index (κ1) is 15.1. The second-order valence-corrected chi connectivity index (χ2v) is 5.49. The average molecular weight is 314 g/mol. The van der Waals surface area contributed by atoms with Gasteiger partial charge in [-0.05, 0) is 17.7 Å². The summed E-state index contributed by atoms with van der Waals surface area (Å²) in [7, 11) is 0. The van der Waals surface area contributed by atoms with Gasteiger partial charge in [0, 0.05) is 44.6 Å². The monoisotopic (exact) mass is 314 g/mol. The molecular weight excluding hydrogens is 296 g/mol. The summed E-state index contributed by atoms with van der Waals surface area (Å²) in [5.41, 5.74) is 1.01. The molecule has 120 valence electrons. The van der Waals surface area contributed by atoms with Crippen LogP contribution in [-0.4, -0.2) is 49.8 Å². The number of nitrogens with zero attached hydrogens (tertiary/aromatic N) is 5. The molecule has 0 saturated carbocycles. The number of carbonyl (C=O) groups is 2. The maximum absolute atomic E-state index is 12.2. The maximum atomic E-state index is 12.2. The molecule has 1 atom stereocenters. The van der Waals surface area contributed by atoms with E-state index in [1.165, 1.54) is 0 Å². The molecule has 0 radical (unpaired) electrons. The van der Waals surface area contributed by atoms with Gasteiger partial charge in [-0.1, -0.05) is 5.21 Å². The van der Waals surface area contributed by atoms with E-state index in [1.807, 2.05) is 12.1 Å². The van der Waals surface area contributed by atoms with E-state index in [2.05, 4.69) is 20.6 Å². The molecule has 3 heterocycles. The zero-order valence-electron chi connectivity index (χ0n) is 12.6. The molecule has 1 unspecified atom stereocenters. The quantitative estimate of drug-likeness (QED) is 0.799. The Balaban J connectivity index is 1.47. The van der Waals surface area contributed by atoms with E-state index in [0.29, 0.717) is 26.2 Å². The van der Waals surface area contributed by atoms with Crippen LogP contribution >= 0.6 is 0 Å². The van der Waals surface area contributed by atoms with Crippen LogP contribution in [0.4, 0.5) is 0 Å². The Morgan fingerprint density at radius 3 is 2.87 bits per heavy atom. The normalized spacial score (nSPS) is 17.5. The number of hydrogen-bond acceptors (Lipinski definition) is 5. The molecule has 1 N–H and O–H groups in total. The van der Waals surface area contributed by atoms with Gasteiger partial charge in [0.1, 0.15) is 0 Å². The van der Waals surface area contributed by atoms with Crippen molar-refractivity contribution in [3.63, 3.8) is 0 Å². The van der Waals surface area contributed by atoms with Crippen molar-refractivity contribution < 1.29 is 9.59 Å². The largest absolute Gasteiger partial charge is 0.354 e. The van der Waals surface area contributed by atoms with Gasteiger partial charge in [-0.3, -0.25) is 19.3 Å². The number of amides is 2. The van der Waals surface area contributed by atoms with E-state index in [1.54, 1.807) is 34.4 Å². The predicted octanol–water partition coefficient (Wildman–Crippen LogP) is -0.162. The van der Waals surface area contributed by atoms with Gasteiger partial charge in [-0.2, -0.15) is 0 Å². The Bertz CT molecular complexity index is 658. The summed E-state index contributed by atoms with van der Waals surface area (Å²) in [5.74, 6) is -0.367. The van der Waals surface area contributed by atoms with Crippen molar-refractivity contribution in [3.8, 4) is 0 Å².